The van der Waals surface area contributed by atoms with Crippen molar-refractivity contribution in [3.63, 3.8) is 0 Å². The van der Waals surface area contributed by atoms with Crippen molar-refractivity contribution in [1.29, 1.82) is 0 Å². The smallest absolute Gasteiger partial charge is 0.254 e. The maximum atomic E-state index is 13.5. The first-order valence-corrected chi connectivity index (χ1v) is 11.9. The molecular formula is C27H30ClFN2O4. The van der Waals surface area contributed by atoms with E-state index in [0.717, 1.165) is 11.3 Å². The molecule has 8 heteroatoms. The molecule has 0 N–H and O–H groups in total. The van der Waals surface area contributed by atoms with E-state index in [0.29, 0.717) is 42.5 Å². The van der Waals surface area contributed by atoms with Gasteiger partial charge in [-0.05, 0) is 74.4 Å². The van der Waals surface area contributed by atoms with Gasteiger partial charge in [-0.25, -0.2) is 4.39 Å². The Morgan fingerprint density at radius 3 is 2.31 bits per heavy atom. The van der Waals surface area contributed by atoms with Crippen LogP contribution >= 0.6 is 11.6 Å². The van der Waals surface area contributed by atoms with Gasteiger partial charge in [0.1, 0.15) is 23.9 Å². The summed E-state index contributed by atoms with van der Waals surface area (Å²) in [5.74, 6) is 0.515. The molecule has 35 heavy (non-hydrogen) atoms. The Balaban J connectivity index is 1.79. The number of aryl methyl sites for hydroxylation is 1. The van der Waals surface area contributed by atoms with Gasteiger partial charge in [0.2, 0.25) is 5.91 Å². The largest absolute Gasteiger partial charge is 0.464 e. The number of hydrogen-bond donors (Lipinski definition) is 0. The van der Waals surface area contributed by atoms with E-state index in [1.54, 1.807) is 41.3 Å². The molecule has 6 nitrogen and oxygen atoms in total. The number of carbonyl (C=O) groups excluding carboxylic acids is 2. The highest BCUT2D eigenvalue weighted by Crippen LogP contribution is 2.16. The summed E-state index contributed by atoms with van der Waals surface area (Å²) in [6.07, 6.45) is 0.593. The number of hydrogen-bond acceptors (Lipinski definition) is 4. The molecule has 2 amide bonds. The van der Waals surface area contributed by atoms with Crippen LogP contribution < -0.4 is 0 Å². The van der Waals surface area contributed by atoms with Crippen molar-refractivity contribution in [2.45, 2.75) is 33.4 Å². The number of nitrogens with zero attached hydrogens (tertiary/aromatic N) is 2. The molecule has 0 aliphatic heterocycles. The average Bonchev–Trinajstić information content (AvgIpc) is 3.26. The fourth-order valence-electron chi connectivity index (χ4n) is 3.59. The molecule has 0 aliphatic rings. The van der Waals surface area contributed by atoms with Gasteiger partial charge in [0.05, 0.1) is 6.54 Å². The number of furan rings is 1. The monoisotopic (exact) mass is 500 g/mol. The molecule has 1 heterocycles. The fourth-order valence-corrected chi connectivity index (χ4v) is 3.72. The predicted molar refractivity (Wildman–Crippen MR) is 133 cm³/mol. The summed E-state index contributed by atoms with van der Waals surface area (Å²) in [5.41, 5.74) is 1.22. The van der Waals surface area contributed by atoms with E-state index in [-0.39, 0.29) is 37.3 Å². The molecule has 0 saturated carbocycles. The lowest BCUT2D eigenvalue weighted by atomic mass is 10.1. The van der Waals surface area contributed by atoms with E-state index in [1.165, 1.54) is 17.0 Å². The second-order valence-corrected chi connectivity index (χ2v) is 8.61. The summed E-state index contributed by atoms with van der Waals surface area (Å²) >= 11 is 5.97. The van der Waals surface area contributed by atoms with Crippen molar-refractivity contribution >= 4 is 23.4 Å². The van der Waals surface area contributed by atoms with E-state index in [2.05, 4.69) is 0 Å². The summed E-state index contributed by atoms with van der Waals surface area (Å²) < 4.78 is 24.5. The third kappa shape index (κ3) is 8.23. The number of benzene rings is 2. The zero-order chi connectivity index (χ0) is 25.2. The molecule has 0 unspecified atom stereocenters. The lowest BCUT2D eigenvalue weighted by molar-refractivity contribution is -0.133. The molecule has 3 aromatic rings. The van der Waals surface area contributed by atoms with Crippen LogP contribution in [-0.2, 0) is 22.6 Å². The van der Waals surface area contributed by atoms with E-state index >= 15 is 0 Å². The fraction of sp³-hybridized carbons (Fsp3) is 0.333. The van der Waals surface area contributed by atoms with Gasteiger partial charge in [0, 0.05) is 36.9 Å². The van der Waals surface area contributed by atoms with E-state index in [9.17, 15) is 14.0 Å². The van der Waals surface area contributed by atoms with E-state index in [1.807, 2.05) is 26.0 Å². The molecule has 0 atom stereocenters. The molecule has 0 fully saturated rings. The third-order valence-corrected chi connectivity index (χ3v) is 5.66. The van der Waals surface area contributed by atoms with Crippen LogP contribution in [-0.4, -0.2) is 47.9 Å². The highest BCUT2D eigenvalue weighted by Gasteiger charge is 2.23. The van der Waals surface area contributed by atoms with Crippen molar-refractivity contribution < 1.29 is 23.1 Å². The lowest BCUT2D eigenvalue weighted by Gasteiger charge is -2.27. The molecule has 186 valence electrons. The van der Waals surface area contributed by atoms with Gasteiger partial charge in [-0.15, -0.1) is 0 Å². The van der Waals surface area contributed by atoms with Gasteiger partial charge in [0.25, 0.3) is 5.91 Å². The summed E-state index contributed by atoms with van der Waals surface area (Å²) in [5, 5.41) is 0.528. The maximum absolute atomic E-state index is 13.5. The first-order chi connectivity index (χ1) is 16.9. The standard InChI is InChI=1S/C27H30ClFN2O4/c1-3-34-16-4-15-30(27(33)22-8-10-23(28)11-9-22)19-26(32)31(18-25-14-5-20(2)35-25)17-21-6-12-24(29)13-7-21/h5-14H,3-4,15-19H2,1-2H3. The number of halogens is 2. The topological polar surface area (TPSA) is 63.0 Å². The zero-order valence-electron chi connectivity index (χ0n) is 20.0. The van der Waals surface area contributed by atoms with Crippen LogP contribution in [0.4, 0.5) is 4.39 Å². The van der Waals surface area contributed by atoms with Crippen molar-refractivity contribution in [2.24, 2.45) is 0 Å². The van der Waals surface area contributed by atoms with E-state index < -0.39 is 0 Å². The van der Waals surface area contributed by atoms with Crippen LogP contribution in [0.5, 0.6) is 0 Å². The zero-order valence-corrected chi connectivity index (χ0v) is 20.8. The van der Waals surface area contributed by atoms with Crippen LogP contribution in [0.25, 0.3) is 0 Å². The second-order valence-electron chi connectivity index (χ2n) is 8.17. The number of carbonyl (C=O) groups is 2. The van der Waals surface area contributed by atoms with E-state index in [4.69, 9.17) is 20.8 Å². The minimum Gasteiger partial charge on any atom is -0.464 e. The minimum atomic E-state index is -0.345. The molecule has 0 radical (unpaired) electrons. The van der Waals surface area contributed by atoms with Crippen LogP contribution in [0, 0.1) is 12.7 Å². The molecule has 2 aromatic carbocycles. The van der Waals surface area contributed by atoms with Crippen molar-refractivity contribution in [2.75, 3.05) is 26.3 Å². The van der Waals surface area contributed by atoms with Gasteiger partial charge in [-0.3, -0.25) is 9.59 Å². The molecule has 3 rings (SSSR count). The Bertz CT molecular complexity index is 1100. The molecule has 1 aromatic heterocycles. The SMILES string of the molecule is CCOCCCN(CC(=O)N(Cc1ccc(F)cc1)Cc1ccc(C)o1)C(=O)c1ccc(Cl)cc1. The number of amides is 2. The Hall–Kier alpha value is -3.16. The van der Waals surface area contributed by atoms with Crippen molar-refractivity contribution in [3.05, 3.63) is 94.2 Å². The highest BCUT2D eigenvalue weighted by atomic mass is 35.5. The molecule has 0 aliphatic carbocycles. The summed E-state index contributed by atoms with van der Waals surface area (Å²) in [6, 6.07) is 16.2. The Labute approximate surface area is 210 Å². The van der Waals surface area contributed by atoms with Crippen molar-refractivity contribution in [3.8, 4) is 0 Å². The highest BCUT2D eigenvalue weighted by molar-refractivity contribution is 6.30. The van der Waals surface area contributed by atoms with Crippen LogP contribution in [0.3, 0.4) is 0 Å². The van der Waals surface area contributed by atoms with Crippen LogP contribution in [0.2, 0.25) is 5.02 Å². The van der Waals surface area contributed by atoms with Crippen LogP contribution in [0.15, 0.2) is 65.1 Å². The normalized spacial score (nSPS) is 10.9. The first kappa shape index (κ1) is 26.4. The van der Waals surface area contributed by atoms with Gasteiger partial charge in [-0.2, -0.15) is 0 Å². The molecular weight excluding hydrogens is 471 g/mol. The minimum absolute atomic E-state index is 0.117. The first-order valence-electron chi connectivity index (χ1n) is 11.6. The van der Waals surface area contributed by atoms with Gasteiger partial charge >= 0.3 is 0 Å². The number of rotatable bonds is 12. The van der Waals surface area contributed by atoms with Crippen LogP contribution in [0.1, 0.15) is 40.8 Å². The molecule has 0 bridgehead atoms. The Kier molecular flexibility index (Phi) is 9.87. The van der Waals surface area contributed by atoms with Gasteiger partial charge < -0.3 is 19.0 Å². The molecule has 0 saturated heterocycles. The predicted octanol–water partition coefficient (Wildman–Crippen LogP) is 5.48. The second kappa shape index (κ2) is 13.1. The summed E-state index contributed by atoms with van der Waals surface area (Å²) in [4.78, 5) is 29.9. The Morgan fingerprint density at radius 1 is 0.971 bits per heavy atom. The average molecular weight is 501 g/mol. The molecule has 0 spiro atoms. The quantitative estimate of drug-likeness (QED) is 0.309. The third-order valence-electron chi connectivity index (χ3n) is 5.41. The Morgan fingerprint density at radius 2 is 1.69 bits per heavy atom. The lowest BCUT2D eigenvalue weighted by Crippen LogP contribution is -2.43. The number of ether oxygens (including phenoxy) is 1. The maximum Gasteiger partial charge on any atom is 0.254 e. The van der Waals surface area contributed by atoms with Crippen molar-refractivity contribution in [1.82, 2.24) is 9.80 Å². The van der Waals surface area contributed by atoms with Gasteiger partial charge in [-0.1, -0.05) is 23.7 Å². The summed E-state index contributed by atoms with van der Waals surface area (Å²) in [6.45, 7) is 5.53. The summed E-state index contributed by atoms with van der Waals surface area (Å²) in [7, 11) is 0. The van der Waals surface area contributed by atoms with Gasteiger partial charge in [0.15, 0.2) is 0 Å².